The fourth-order valence-corrected chi connectivity index (χ4v) is 1.30. The average molecular weight is 113 g/mol. The van der Waals surface area contributed by atoms with Crippen LogP contribution in [-0.4, -0.2) is 13.6 Å². The van der Waals surface area contributed by atoms with Crippen LogP contribution >= 0.6 is 0 Å². The van der Waals surface area contributed by atoms with Crippen molar-refractivity contribution in [2.75, 3.05) is 13.6 Å². The molecule has 0 heterocycles. The molecule has 1 saturated carbocycles. The lowest BCUT2D eigenvalue weighted by Gasteiger charge is -2.33. The highest BCUT2D eigenvalue weighted by Gasteiger charge is 2.25. The quantitative estimate of drug-likeness (QED) is 0.568. The molecule has 0 saturated heterocycles. The predicted molar refractivity (Wildman–Crippen MR) is 35.8 cm³/mol. The zero-order valence-electron chi connectivity index (χ0n) is 5.78. The van der Waals surface area contributed by atoms with Gasteiger partial charge in [0, 0.05) is 0 Å². The van der Waals surface area contributed by atoms with Crippen LogP contribution in [-0.2, 0) is 0 Å². The summed E-state index contributed by atoms with van der Waals surface area (Å²) in [5.41, 5.74) is 0. The van der Waals surface area contributed by atoms with E-state index in [2.05, 4.69) is 12.2 Å². The topological polar surface area (TPSA) is 12.0 Å². The van der Waals surface area contributed by atoms with Gasteiger partial charge in [0.05, 0.1) is 0 Å². The maximum atomic E-state index is 3.20. The van der Waals surface area contributed by atoms with E-state index in [1.165, 1.54) is 19.4 Å². The van der Waals surface area contributed by atoms with Crippen LogP contribution in [0.4, 0.5) is 0 Å². The molecular weight excluding hydrogens is 98.1 g/mol. The second-order valence-electron chi connectivity index (χ2n) is 2.87. The largest absolute Gasteiger partial charge is 0.319 e. The van der Waals surface area contributed by atoms with Gasteiger partial charge in [-0.2, -0.15) is 0 Å². The molecule has 8 heavy (non-hydrogen) atoms. The molecule has 1 aliphatic rings. The summed E-state index contributed by atoms with van der Waals surface area (Å²) < 4.78 is 0. The van der Waals surface area contributed by atoms with Crippen LogP contribution in [0.3, 0.4) is 0 Å². The van der Waals surface area contributed by atoms with Gasteiger partial charge in [0.1, 0.15) is 0 Å². The van der Waals surface area contributed by atoms with Gasteiger partial charge in [-0.15, -0.1) is 0 Å². The Hall–Kier alpha value is -0.0400. The minimum Gasteiger partial charge on any atom is -0.319 e. The van der Waals surface area contributed by atoms with E-state index >= 15 is 0 Å². The lowest BCUT2D eigenvalue weighted by molar-refractivity contribution is 0.195. The molecule has 0 aliphatic heterocycles. The Balaban J connectivity index is 2.08. The van der Waals surface area contributed by atoms with Crippen molar-refractivity contribution in [2.24, 2.45) is 11.8 Å². The Morgan fingerprint density at radius 1 is 1.50 bits per heavy atom. The SMILES string of the molecule is CNC[C@H]1CC[C@@H]1C. The van der Waals surface area contributed by atoms with Gasteiger partial charge in [-0.05, 0) is 31.8 Å². The summed E-state index contributed by atoms with van der Waals surface area (Å²) in [7, 11) is 2.03. The highest BCUT2D eigenvalue weighted by molar-refractivity contribution is 4.77. The summed E-state index contributed by atoms with van der Waals surface area (Å²) in [4.78, 5) is 0. The second-order valence-corrected chi connectivity index (χ2v) is 2.87. The molecule has 0 amide bonds. The molecule has 0 bridgehead atoms. The lowest BCUT2D eigenvalue weighted by Crippen LogP contribution is -2.31. The Bertz CT molecular complexity index is 70.8. The molecule has 0 aromatic rings. The fraction of sp³-hybridized carbons (Fsp3) is 1.00. The maximum absolute atomic E-state index is 3.20. The molecule has 0 spiro atoms. The van der Waals surface area contributed by atoms with Crippen LogP contribution in [0.2, 0.25) is 0 Å². The second kappa shape index (κ2) is 2.49. The summed E-state index contributed by atoms with van der Waals surface area (Å²) in [5, 5.41) is 3.20. The monoisotopic (exact) mass is 113 g/mol. The number of rotatable bonds is 2. The third-order valence-electron chi connectivity index (χ3n) is 2.26. The molecule has 0 aromatic heterocycles. The van der Waals surface area contributed by atoms with Gasteiger partial charge in [0.15, 0.2) is 0 Å². The summed E-state index contributed by atoms with van der Waals surface area (Å²) in [5.74, 6) is 1.97. The van der Waals surface area contributed by atoms with Crippen LogP contribution in [0.1, 0.15) is 19.8 Å². The number of nitrogens with one attached hydrogen (secondary N) is 1. The first kappa shape index (κ1) is 6.09. The summed E-state index contributed by atoms with van der Waals surface area (Å²) >= 11 is 0. The molecule has 2 atom stereocenters. The third-order valence-corrected chi connectivity index (χ3v) is 2.26. The van der Waals surface area contributed by atoms with Gasteiger partial charge in [0.25, 0.3) is 0 Å². The molecule has 0 unspecified atom stereocenters. The average Bonchev–Trinajstić information content (AvgIpc) is 1.79. The van der Waals surface area contributed by atoms with Gasteiger partial charge in [0.2, 0.25) is 0 Å². The standard InChI is InChI=1S/C7H15N/c1-6-3-4-7(6)5-8-2/h6-8H,3-5H2,1-2H3/t6-,7+/m0/s1. The zero-order valence-corrected chi connectivity index (χ0v) is 5.78. The summed E-state index contributed by atoms with van der Waals surface area (Å²) in [6.45, 7) is 3.56. The van der Waals surface area contributed by atoms with E-state index in [-0.39, 0.29) is 0 Å². The molecule has 1 rings (SSSR count). The Morgan fingerprint density at radius 2 is 2.25 bits per heavy atom. The molecule has 48 valence electrons. The van der Waals surface area contributed by atoms with E-state index in [1.807, 2.05) is 7.05 Å². The van der Waals surface area contributed by atoms with E-state index in [0.29, 0.717) is 0 Å². The van der Waals surface area contributed by atoms with Gasteiger partial charge < -0.3 is 5.32 Å². The molecule has 0 radical (unpaired) electrons. The minimum atomic E-state index is 0.986. The Labute approximate surface area is 51.5 Å². The van der Waals surface area contributed by atoms with Crippen LogP contribution in [0, 0.1) is 11.8 Å². The Kier molecular flexibility index (Phi) is 1.90. The smallest absolute Gasteiger partial charge is 0.00210 e. The highest BCUT2D eigenvalue weighted by Crippen LogP contribution is 2.32. The Morgan fingerprint density at radius 3 is 2.38 bits per heavy atom. The van der Waals surface area contributed by atoms with Crippen molar-refractivity contribution >= 4 is 0 Å². The van der Waals surface area contributed by atoms with Crippen LogP contribution in [0.25, 0.3) is 0 Å². The molecule has 1 nitrogen and oxygen atoms in total. The van der Waals surface area contributed by atoms with Gasteiger partial charge >= 0.3 is 0 Å². The van der Waals surface area contributed by atoms with Crippen LogP contribution in [0.5, 0.6) is 0 Å². The molecule has 0 aromatic carbocycles. The zero-order chi connectivity index (χ0) is 5.98. The number of hydrogen-bond acceptors (Lipinski definition) is 1. The minimum absolute atomic E-state index is 0.986. The molecule has 1 N–H and O–H groups in total. The van der Waals surface area contributed by atoms with Gasteiger partial charge in [-0.25, -0.2) is 0 Å². The van der Waals surface area contributed by atoms with Gasteiger partial charge in [-0.1, -0.05) is 13.3 Å². The van der Waals surface area contributed by atoms with Crippen LogP contribution < -0.4 is 5.32 Å². The fourth-order valence-electron chi connectivity index (χ4n) is 1.30. The first-order valence-electron chi connectivity index (χ1n) is 3.49. The first-order valence-corrected chi connectivity index (χ1v) is 3.49. The van der Waals surface area contributed by atoms with Crippen molar-refractivity contribution in [3.8, 4) is 0 Å². The molecular formula is C7H15N. The molecule has 1 fully saturated rings. The van der Waals surface area contributed by atoms with E-state index in [9.17, 15) is 0 Å². The lowest BCUT2D eigenvalue weighted by atomic mass is 9.75. The van der Waals surface area contributed by atoms with Crippen molar-refractivity contribution in [2.45, 2.75) is 19.8 Å². The molecule has 1 heteroatoms. The van der Waals surface area contributed by atoms with E-state index in [4.69, 9.17) is 0 Å². The van der Waals surface area contributed by atoms with Crippen molar-refractivity contribution in [3.05, 3.63) is 0 Å². The van der Waals surface area contributed by atoms with Crippen molar-refractivity contribution in [1.29, 1.82) is 0 Å². The van der Waals surface area contributed by atoms with Crippen LogP contribution in [0.15, 0.2) is 0 Å². The predicted octanol–water partition coefficient (Wildman–Crippen LogP) is 1.25. The summed E-state index contributed by atoms with van der Waals surface area (Å²) in [6.07, 6.45) is 2.90. The normalized spacial score (nSPS) is 36.8. The van der Waals surface area contributed by atoms with E-state index in [1.54, 1.807) is 0 Å². The van der Waals surface area contributed by atoms with E-state index in [0.717, 1.165) is 11.8 Å². The van der Waals surface area contributed by atoms with Crippen molar-refractivity contribution in [3.63, 3.8) is 0 Å². The summed E-state index contributed by atoms with van der Waals surface area (Å²) in [6, 6.07) is 0. The van der Waals surface area contributed by atoms with Crippen molar-refractivity contribution < 1.29 is 0 Å². The first-order chi connectivity index (χ1) is 3.84. The van der Waals surface area contributed by atoms with Crippen molar-refractivity contribution in [1.82, 2.24) is 5.32 Å². The number of hydrogen-bond donors (Lipinski definition) is 1. The maximum Gasteiger partial charge on any atom is -0.00210 e. The third kappa shape index (κ3) is 1.03. The highest BCUT2D eigenvalue weighted by atomic mass is 14.8. The molecule has 1 aliphatic carbocycles. The van der Waals surface area contributed by atoms with Gasteiger partial charge in [-0.3, -0.25) is 0 Å². The van der Waals surface area contributed by atoms with E-state index < -0.39 is 0 Å².